The maximum absolute atomic E-state index is 12.7. The van der Waals surface area contributed by atoms with E-state index in [9.17, 15) is 8.42 Å². The largest absolute Gasteiger partial charge is 0.486 e. The molecule has 0 aliphatic carbocycles. The van der Waals surface area contributed by atoms with Crippen LogP contribution in [0.2, 0.25) is 0 Å². The van der Waals surface area contributed by atoms with Gasteiger partial charge in [-0.05, 0) is 30.9 Å². The molecule has 0 saturated carbocycles. The number of rotatable bonds is 4. The predicted octanol–water partition coefficient (Wildman–Crippen LogP) is 1.73. The molecule has 2 aliphatic heterocycles. The normalized spacial score (nSPS) is 25.5. The van der Waals surface area contributed by atoms with Crippen LogP contribution in [-0.2, 0) is 10.2 Å². The minimum Gasteiger partial charge on any atom is -0.486 e. The van der Waals surface area contributed by atoms with E-state index in [0.717, 1.165) is 12.8 Å². The Hall–Kier alpha value is -1.31. The fraction of sp³-hybridized carbons (Fsp3) is 0.625. The molecule has 0 amide bonds. The van der Waals surface area contributed by atoms with E-state index in [-0.39, 0.29) is 12.6 Å². The number of piperidine rings is 1. The van der Waals surface area contributed by atoms with E-state index >= 15 is 0 Å². The predicted molar refractivity (Wildman–Crippen MR) is 87.9 cm³/mol. The molecule has 2 heterocycles. The second kappa shape index (κ2) is 6.67. The monoisotopic (exact) mass is 340 g/mol. The van der Waals surface area contributed by atoms with Crippen molar-refractivity contribution in [2.45, 2.75) is 25.9 Å². The third kappa shape index (κ3) is 3.62. The number of ether oxygens (including phenoxy) is 2. The molecule has 1 aromatic carbocycles. The summed E-state index contributed by atoms with van der Waals surface area (Å²) in [4.78, 5) is 0. The topological polar surface area (TPSA) is 59.1 Å². The van der Waals surface area contributed by atoms with E-state index in [1.54, 1.807) is 11.4 Å². The molecule has 0 aromatic heterocycles. The minimum atomic E-state index is -3.44. The quantitative estimate of drug-likeness (QED) is 0.838. The van der Waals surface area contributed by atoms with Gasteiger partial charge in [-0.1, -0.05) is 19.1 Å². The van der Waals surface area contributed by atoms with Crippen molar-refractivity contribution in [1.82, 2.24) is 8.61 Å². The Morgan fingerprint density at radius 2 is 2.04 bits per heavy atom. The third-order valence-corrected chi connectivity index (χ3v) is 6.29. The molecule has 2 aliphatic rings. The van der Waals surface area contributed by atoms with Gasteiger partial charge in [-0.3, -0.25) is 0 Å². The van der Waals surface area contributed by atoms with E-state index < -0.39 is 10.2 Å². The Balaban J connectivity index is 1.64. The smallest absolute Gasteiger partial charge is 0.281 e. The number of benzene rings is 1. The fourth-order valence-electron chi connectivity index (χ4n) is 3.09. The van der Waals surface area contributed by atoms with Crippen molar-refractivity contribution in [2.75, 3.05) is 33.3 Å². The standard InChI is InChI=1S/C16H24N2O4S/c1-13-6-5-9-18(10-13)23(19,20)17(2)11-14-12-21-15-7-3-4-8-16(15)22-14/h3-4,7-8,13-14H,5-6,9-12H2,1-2H3/t13-,14-/m0/s1. The van der Waals surface area contributed by atoms with Crippen LogP contribution >= 0.6 is 0 Å². The Kier molecular flexibility index (Phi) is 4.79. The lowest BCUT2D eigenvalue weighted by Gasteiger charge is -2.35. The lowest BCUT2D eigenvalue weighted by molar-refractivity contribution is 0.0784. The van der Waals surface area contributed by atoms with Crippen molar-refractivity contribution in [3.8, 4) is 11.5 Å². The summed E-state index contributed by atoms with van der Waals surface area (Å²) in [5.41, 5.74) is 0. The molecule has 7 heteroatoms. The Morgan fingerprint density at radius 1 is 1.30 bits per heavy atom. The van der Waals surface area contributed by atoms with Gasteiger partial charge < -0.3 is 9.47 Å². The molecule has 23 heavy (non-hydrogen) atoms. The number of hydrogen-bond donors (Lipinski definition) is 0. The highest BCUT2D eigenvalue weighted by Gasteiger charge is 2.33. The molecule has 128 valence electrons. The van der Waals surface area contributed by atoms with Crippen LogP contribution in [0.1, 0.15) is 19.8 Å². The lowest BCUT2D eigenvalue weighted by Crippen LogP contribution is -2.49. The summed E-state index contributed by atoms with van der Waals surface area (Å²) in [5.74, 6) is 1.79. The molecule has 1 fully saturated rings. The van der Waals surface area contributed by atoms with Crippen LogP contribution in [0.5, 0.6) is 11.5 Å². The number of para-hydroxylation sites is 2. The molecule has 0 radical (unpaired) electrons. The van der Waals surface area contributed by atoms with Gasteiger partial charge in [0.05, 0.1) is 6.54 Å². The van der Waals surface area contributed by atoms with Crippen LogP contribution in [0, 0.1) is 5.92 Å². The van der Waals surface area contributed by atoms with Crippen LogP contribution in [0.15, 0.2) is 24.3 Å². The Labute approximate surface area is 138 Å². The van der Waals surface area contributed by atoms with E-state index in [0.29, 0.717) is 37.1 Å². The van der Waals surface area contributed by atoms with Crippen LogP contribution in [0.3, 0.4) is 0 Å². The van der Waals surface area contributed by atoms with Crippen molar-refractivity contribution < 1.29 is 17.9 Å². The Morgan fingerprint density at radius 3 is 2.78 bits per heavy atom. The molecule has 1 saturated heterocycles. The highest BCUT2D eigenvalue weighted by molar-refractivity contribution is 7.86. The molecular weight excluding hydrogens is 316 g/mol. The second-order valence-corrected chi connectivity index (χ2v) is 8.43. The molecule has 0 spiro atoms. The van der Waals surface area contributed by atoms with Crippen molar-refractivity contribution in [3.05, 3.63) is 24.3 Å². The SMILES string of the molecule is C[C@H]1CCCN(S(=O)(=O)N(C)C[C@H]2COc3ccccc3O2)C1. The zero-order valence-electron chi connectivity index (χ0n) is 13.6. The molecule has 0 bridgehead atoms. The number of fused-ring (bicyclic) bond motifs is 1. The first-order chi connectivity index (χ1) is 11.0. The molecule has 3 rings (SSSR count). The maximum Gasteiger partial charge on any atom is 0.281 e. The fourth-order valence-corrected chi connectivity index (χ4v) is 4.64. The molecule has 0 unspecified atom stereocenters. The van der Waals surface area contributed by atoms with E-state index in [4.69, 9.17) is 9.47 Å². The van der Waals surface area contributed by atoms with Crippen LogP contribution in [0.25, 0.3) is 0 Å². The highest BCUT2D eigenvalue weighted by Crippen LogP contribution is 2.31. The van der Waals surface area contributed by atoms with Crippen molar-refractivity contribution in [3.63, 3.8) is 0 Å². The molecule has 2 atom stereocenters. The molecule has 1 aromatic rings. The van der Waals surface area contributed by atoms with Crippen LogP contribution < -0.4 is 9.47 Å². The van der Waals surface area contributed by atoms with Crippen molar-refractivity contribution >= 4 is 10.2 Å². The van der Waals surface area contributed by atoms with Crippen LogP contribution in [0.4, 0.5) is 0 Å². The van der Waals surface area contributed by atoms with Gasteiger partial charge in [-0.2, -0.15) is 17.0 Å². The zero-order valence-corrected chi connectivity index (χ0v) is 14.5. The van der Waals surface area contributed by atoms with Gasteiger partial charge in [0.25, 0.3) is 10.2 Å². The second-order valence-electron chi connectivity index (χ2n) is 6.39. The summed E-state index contributed by atoms with van der Waals surface area (Å²) in [6.07, 6.45) is 1.71. The van der Waals surface area contributed by atoms with E-state index in [1.165, 1.54) is 4.31 Å². The molecule has 6 nitrogen and oxygen atoms in total. The van der Waals surface area contributed by atoms with E-state index in [2.05, 4.69) is 6.92 Å². The Bertz CT molecular complexity index is 649. The van der Waals surface area contributed by atoms with Gasteiger partial charge in [0.1, 0.15) is 12.7 Å². The summed E-state index contributed by atoms with van der Waals surface area (Å²) in [7, 11) is -1.83. The minimum absolute atomic E-state index is 0.279. The molecular formula is C16H24N2O4S. The van der Waals surface area contributed by atoms with Gasteiger partial charge in [-0.15, -0.1) is 0 Å². The van der Waals surface area contributed by atoms with Crippen LogP contribution in [-0.4, -0.2) is 56.4 Å². The maximum atomic E-state index is 12.7. The number of nitrogens with zero attached hydrogens (tertiary/aromatic N) is 2. The van der Waals surface area contributed by atoms with Gasteiger partial charge in [-0.25, -0.2) is 0 Å². The first kappa shape index (κ1) is 16.5. The first-order valence-corrected chi connectivity index (χ1v) is 9.46. The highest BCUT2D eigenvalue weighted by atomic mass is 32.2. The van der Waals surface area contributed by atoms with Crippen molar-refractivity contribution in [1.29, 1.82) is 0 Å². The molecule has 0 N–H and O–H groups in total. The zero-order chi connectivity index (χ0) is 16.4. The first-order valence-electron chi connectivity index (χ1n) is 8.06. The summed E-state index contributed by atoms with van der Waals surface area (Å²) in [6, 6.07) is 7.44. The third-order valence-electron chi connectivity index (χ3n) is 4.37. The number of hydrogen-bond acceptors (Lipinski definition) is 4. The summed E-state index contributed by atoms with van der Waals surface area (Å²) >= 11 is 0. The lowest BCUT2D eigenvalue weighted by atomic mass is 10.0. The summed E-state index contributed by atoms with van der Waals surface area (Å²) in [5, 5.41) is 0. The number of likely N-dealkylation sites (N-methyl/N-ethyl adjacent to an activating group) is 1. The van der Waals surface area contributed by atoms with E-state index in [1.807, 2.05) is 24.3 Å². The van der Waals surface area contributed by atoms with Gasteiger partial charge >= 0.3 is 0 Å². The average Bonchev–Trinajstić information content (AvgIpc) is 2.54. The summed E-state index contributed by atoms with van der Waals surface area (Å²) in [6.45, 7) is 3.92. The van der Waals surface area contributed by atoms with Gasteiger partial charge in [0.2, 0.25) is 0 Å². The summed E-state index contributed by atoms with van der Waals surface area (Å²) < 4.78 is 39.9. The van der Waals surface area contributed by atoms with Gasteiger partial charge in [0.15, 0.2) is 11.5 Å². The average molecular weight is 340 g/mol. The van der Waals surface area contributed by atoms with Crippen molar-refractivity contribution in [2.24, 2.45) is 5.92 Å². The van der Waals surface area contributed by atoms with Gasteiger partial charge in [0, 0.05) is 20.1 Å².